The van der Waals surface area contributed by atoms with E-state index in [1.165, 1.54) is 18.4 Å². The van der Waals surface area contributed by atoms with E-state index in [1.54, 1.807) is 12.4 Å². The van der Waals surface area contributed by atoms with Crippen LogP contribution >= 0.6 is 11.3 Å². The molecule has 7 nitrogen and oxygen atoms in total. The number of hydrogen-bond donors (Lipinski definition) is 0. The number of hydrogen-bond acceptors (Lipinski definition) is 8. The molecule has 0 atom stereocenters. The smallest absolute Gasteiger partial charge is 0.315 e. The second-order valence-electron chi connectivity index (χ2n) is 5.15. The highest BCUT2D eigenvalue weighted by Crippen LogP contribution is 2.38. The number of fused-ring (bicyclic) bond motifs is 1. The summed E-state index contributed by atoms with van der Waals surface area (Å²) in [7, 11) is 1.51. The Labute approximate surface area is 142 Å². The molecule has 0 N–H and O–H groups in total. The molecule has 122 valence electrons. The molecule has 0 radical (unpaired) electrons. The van der Waals surface area contributed by atoms with Gasteiger partial charge >= 0.3 is 5.95 Å². The summed E-state index contributed by atoms with van der Waals surface area (Å²) in [4.78, 5) is 19.0. The fourth-order valence-electron chi connectivity index (χ4n) is 2.45. The zero-order valence-corrected chi connectivity index (χ0v) is 14.0. The lowest BCUT2D eigenvalue weighted by molar-refractivity contribution is 0.206. The Kier molecular flexibility index (Phi) is 3.73. The third kappa shape index (κ3) is 2.54. The highest BCUT2D eigenvalue weighted by atomic mass is 32.1. The van der Waals surface area contributed by atoms with E-state index in [9.17, 15) is 0 Å². The van der Waals surface area contributed by atoms with Gasteiger partial charge in [0.25, 0.3) is 0 Å². The molecule has 24 heavy (non-hydrogen) atoms. The third-order valence-corrected chi connectivity index (χ3v) is 4.74. The first-order chi connectivity index (χ1) is 11.8. The standard InChI is InChI=1S/C16H14N4O3S/c1-9-13(24-15(18-9)10-4-3-6-17-8-10)14-19-12-11(20-21-2)5-7-22-16(12)23-14/h3-4,6,8H,5,7H2,1-2H3. The minimum Gasteiger partial charge on any atom is -0.463 e. The summed E-state index contributed by atoms with van der Waals surface area (Å²) < 4.78 is 11.3. The maximum atomic E-state index is 5.78. The molecule has 4 rings (SSSR count). The molecule has 0 bridgehead atoms. The van der Waals surface area contributed by atoms with Crippen LogP contribution in [0.4, 0.5) is 0 Å². The van der Waals surface area contributed by atoms with Crippen molar-refractivity contribution in [2.24, 2.45) is 5.16 Å². The Hall–Kier alpha value is -2.74. The van der Waals surface area contributed by atoms with E-state index in [0.29, 0.717) is 30.6 Å². The van der Waals surface area contributed by atoms with Crippen LogP contribution in [0.15, 0.2) is 34.1 Å². The van der Waals surface area contributed by atoms with Crippen molar-refractivity contribution >= 4 is 17.0 Å². The van der Waals surface area contributed by atoms with Crippen LogP contribution < -0.4 is 4.74 Å². The second-order valence-corrected chi connectivity index (χ2v) is 6.15. The summed E-state index contributed by atoms with van der Waals surface area (Å²) in [6, 6.07) is 3.86. The minimum atomic E-state index is 0.378. The lowest BCUT2D eigenvalue weighted by Gasteiger charge is -2.10. The van der Waals surface area contributed by atoms with Gasteiger partial charge in [-0.05, 0) is 19.1 Å². The Morgan fingerprint density at radius 1 is 1.33 bits per heavy atom. The van der Waals surface area contributed by atoms with Gasteiger partial charge in [-0.1, -0.05) is 5.16 Å². The average molecular weight is 342 g/mol. The molecule has 0 spiro atoms. The molecule has 0 unspecified atom stereocenters. The summed E-state index contributed by atoms with van der Waals surface area (Å²) >= 11 is 1.51. The van der Waals surface area contributed by atoms with E-state index in [-0.39, 0.29) is 0 Å². The first-order valence-electron chi connectivity index (χ1n) is 7.38. The van der Waals surface area contributed by atoms with Crippen LogP contribution in [0.25, 0.3) is 21.3 Å². The average Bonchev–Trinajstić information content (AvgIpc) is 3.20. The maximum absolute atomic E-state index is 5.78. The fraction of sp³-hybridized carbons (Fsp3) is 0.250. The number of oxazole rings is 1. The lowest BCUT2D eigenvalue weighted by atomic mass is 10.2. The molecule has 0 saturated heterocycles. The summed E-state index contributed by atoms with van der Waals surface area (Å²) in [5, 5.41) is 4.87. The number of thiazole rings is 1. The van der Waals surface area contributed by atoms with E-state index in [1.807, 2.05) is 19.1 Å². The van der Waals surface area contributed by atoms with Gasteiger partial charge in [-0.15, -0.1) is 11.3 Å². The van der Waals surface area contributed by atoms with E-state index in [4.69, 9.17) is 14.0 Å². The first-order valence-corrected chi connectivity index (χ1v) is 8.20. The molecular weight excluding hydrogens is 328 g/mol. The number of nitrogens with zero attached hydrogens (tertiary/aromatic N) is 4. The van der Waals surface area contributed by atoms with E-state index in [0.717, 1.165) is 26.9 Å². The Morgan fingerprint density at radius 3 is 3.04 bits per heavy atom. The van der Waals surface area contributed by atoms with Gasteiger partial charge in [0, 0.05) is 24.4 Å². The van der Waals surface area contributed by atoms with Crippen LogP contribution in [-0.4, -0.2) is 34.4 Å². The van der Waals surface area contributed by atoms with E-state index >= 15 is 0 Å². The van der Waals surface area contributed by atoms with Crippen LogP contribution in [0.2, 0.25) is 0 Å². The van der Waals surface area contributed by atoms with Crippen molar-refractivity contribution in [3.8, 4) is 27.3 Å². The monoisotopic (exact) mass is 342 g/mol. The third-order valence-electron chi connectivity index (χ3n) is 3.54. The number of aryl methyl sites for hydroxylation is 1. The normalized spacial score (nSPS) is 15.2. The molecule has 0 fully saturated rings. The van der Waals surface area contributed by atoms with Crippen LogP contribution in [0.5, 0.6) is 5.95 Å². The van der Waals surface area contributed by atoms with Crippen molar-refractivity contribution in [1.29, 1.82) is 0 Å². The SMILES string of the molecule is CON=C1CCOc2oc(-c3sc(-c4cccnc4)nc3C)nc21. The van der Waals surface area contributed by atoms with Crippen molar-refractivity contribution in [2.75, 3.05) is 13.7 Å². The zero-order chi connectivity index (χ0) is 16.5. The molecular formula is C16H14N4O3S. The minimum absolute atomic E-state index is 0.378. The van der Waals surface area contributed by atoms with Gasteiger partial charge in [-0.3, -0.25) is 4.98 Å². The molecule has 8 heteroatoms. The summed E-state index contributed by atoms with van der Waals surface area (Å²) in [6.45, 7) is 2.42. The molecule has 4 heterocycles. The highest BCUT2D eigenvalue weighted by Gasteiger charge is 2.27. The van der Waals surface area contributed by atoms with Crippen molar-refractivity contribution < 1.29 is 14.0 Å². The topological polar surface area (TPSA) is 82.6 Å². The van der Waals surface area contributed by atoms with Crippen LogP contribution in [0.1, 0.15) is 17.8 Å². The summed E-state index contributed by atoms with van der Waals surface area (Å²) in [5.41, 5.74) is 3.13. The van der Waals surface area contributed by atoms with Crippen LogP contribution in [0, 0.1) is 6.92 Å². The molecule has 0 aromatic carbocycles. The fourth-order valence-corrected chi connectivity index (χ4v) is 3.43. The molecule has 0 aliphatic carbocycles. The first kappa shape index (κ1) is 14.8. The highest BCUT2D eigenvalue weighted by molar-refractivity contribution is 7.18. The van der Waals surface area contributed by atoms with E-state index in [2.05, 4.69) is 20.1 Å². The number of ether oxygens (including phenoxy) is 1. The maximum Gasteiger partial charge on any atom is 0.315 e. The number of rotatable bonds is 3. The van der Waals surface area contributed by atoms with Gasteiger partial charge in [0.1, 0.15) is 22.7 Å². The zero-order valence-electron chi connectivity index (χ0n) is 13.1. The predicted octanol–water partition coefficient (Wildman–Crippen LogP) is 3.30. The van der Waals surface area contributed by atoms with Gasteiger partial charge in [-0.25, -0.2) is 9.97 Å². The Bertz CT molecular complexity index is 901. The Balaban J connectivity index is 1.75. The van der Waals surface area contributed by atoms with Crippen LogP contribution in [0.3, 0.4) is 0 Å². The largest absolute Gasteiger partial charge is 0.463 e. The molecule has 3 aromatic rings. The molecule has 3 aromatic heterocycles. The van der Waals surface area contributed by atoms with Crippen molar-refractivity contribution in [2.45, 2.75) is 13.3 Å². The Morgan fingerprint density at radius 2 is 2.25 bits per heavy atom. The van der Waals surface area contributed by atoms with Crippen molar-refractivity contribution in [1.82, 2.24) is 15.0 Å². The van der Waals surface area contributed by atoms with Crippen molar-refractivity contribution in [3.05, 3.63) is 35.9 Å². The van der Waals surface area contributed by atoms with E-state index < -0.39 is 0 Å². The van der Waals surface area contributed by atoms with Gasteiger partial charge in [-0.2, -0.15) is 0 Å². The van der Waals surface area contributed by atoms with Gasteiger partial charge in [0.2, 0.25) is 5.89 Å². The molecule has 1 aliphatic rings. The summed E-state index contributed by atoms with van der Waals surface area (Å²) in [6.07, 6.45) is 4.16. The molecule has 0 amide bonds. The second kappa shape index (κ2) is 6.04. The van der Waals surface area contributed by atoms with Gasteiger partial charge < -0.3 is 14.0 Å². The quantitative estimate of drug-likeness (QED) is 0.679. The van der Waals surface area contributed by atoms with Gasteiger partial charge in [0.15, 0.2) is 5.69 Å². The lowest BCUT2D eigenvalue weighted by Crippen LogP contribution is -2.15. The number of pyridine rings is 1. The number of oxime groups is 1. The molecule has 0 saturated carbocycles. The van der Waals surface area contributed by atoms with Gasteiger partial charge in [0.05, 0.1) is 12.3 Å². The summed E-state index contributed by atoms with van der Waals surface area (Å²) in [5.74, 6) is 0.860. The van der Waals surface area contributed by atoms with Crippen LogP contribution in [-0.2, 0) is 4.84 Å². The van der Waals surface area contributed by atoms with Crippen molar-refractivity contribution in [3.63, 3.8) is 0 Å². The molecule has 1 aliphatic heterocycles. The number of aromatic nitrogens is 3. The predicted molar refractivity (Wildman–Crippen MR) is 89.2 cm³/mol.